The molecule has 1 aliphatic rings. The standard InChI is InChI=1S/C11H12BrFN2/c12-9-7-8(3-4-10(9)13)11(14)15-5-1-2-6-15/h3-4,7,14H,1-2,5-6H2. The van der Waals surface area contributed by atoms with Gasteiger partial charge in [-0.15, -0.1) is 0 Å². The molecule has 1 aliphatic heterocycles. The van der Waals surface area contributed by atoms with Crippen molar-refractivity contribution < 1.29 is 4.39 Å². The number of rotatable bonds is 1. The Bertz CT molecular complexity index is 386. The molecule has 0 unspecified atom stereocenters. The summed E-state index contributed by atoms with van der Waals surface area (Å²) in [5, 5.41) is 7.98. The van der Waals surface area contributed by atoms with Gasteiger partial charge < -0.3 is 4.90 Å². The lowest BCUT2D eigenvalue weighted by Gasteiger charge is -2.18. The van der Waals surface area contributed by atoms with Crippen molar-refractivity contribution in [1.82, 2.24) is 4.90 Å². The van der Waals surface area contributed by atoms with Crippen molar-refractivity contribution in [2.75, 3.05) is 13.1 Å². The van der Waals surface area contributed by atoms with Crippen LogP contribution in [-0.4, -0.2) is 23.8 Å². The third-order valence-corrected chi connectivity index (χ3v) is 3.22. The van der Waals surface area contributed by atoms with Crippen molar-refractivity contribution in [1.29, 1.82) is 5.41 Å². The lowest BCUT2D eigenvalue weighted by molar-refractivity contribution is 0.517. The Morgan fingerprint density at radius 1 is 1.33 bits per heavy atom. The molecule has 0 aliphatic carbocycles. The summed E-state index contributed by atoms with van der Waals surface area (Å²) >= 11 is 3.13. The van der Waals surface area contributed by atoms with E-state index in [1.54, 1.807) is 12.1 Å². The van der Waals surface area contributed by atoms with E-state index >= 15 is 0 Å². The Hall–Kier alpha value is -0.900. The summed E-state index contributed by atoms with van der Waals surface area (Å²) < 4.78 is 13.4. The van der Waals surface area contributed by atoms with E-state index in [2.05, 4.69) is 15.9 Å². The maximum atomic E-state index is 13.0. The molecule has 80 valence electrons. The zero-order chi connectivity index (χ0) is 10.8. The molecule has 0 atom stereocenters. The van der Waals surface area contributed by atoms with Crippen LogP contribution in [0.3, 0.4) is 0 Å². The minimum Gasteiger partial charge on any atom is -0.357 e. The Morgan fingerprint density at radius 3 is 2.60 bits per heavy atom. The molecule has 0 spiro atoms. The van der Waals surface area contributed by atoms with E-state index < -0.39 is 0 Å². The van der Waals surface area contributed by atoms with Gasteiger partial charge in [0, 0.05) is 18.7 Å². The number of likely N-dealkylation sites (tertiary alicyclic amines) is 1. The first-order valence-corrected chi connectivity index (χ1v) is 5.77. The molecule has 1 saturated heterocycles. The van der Waals surface area contributed by atoms with Gasteiger partial charge in [0.1, 0.15) is 11.7 Å². The van der Waals surface area contributed by atoms with E-state index in [9.17, 15) is 4.39 Å². The SMILES string of the molecule is N=C(c1ccc(F)c(Br)c1)N1CCCC1. The van der Waals surface area contributed by atoms with E-state index in [4.69, 9.17) is 5.41 Å². The molecule has 4 heteroatoms. The highest BCUT2D eigenvalue weighted by Crippen LogP contribution is 2.19. The van der Waals surface area contributed by atoms with Gasteiger partial charge in [0.05, 0.1) is 4.47 Å². The van der Waals surface area contributed by atoms with Gasteiger partial charge >= 0.3 is 0 Å². The van der Waals surface area contributed by atoms with Crippen LogP contribution in [0.25, 0.3) is 0 Å². The number of nitrogens with zero attached hydrogens (tertiary/aromatic N) is 1. The highest BCUT2D eigenvalue weighted by Gasteiger charge is 2.16. The fourth-order valence-electron chi connectivity index (χ4n) is 1.77. The zero-order valence-corrected chi connectivity index (χ0v) is 9.85. The van der Waals surface area contributed by atoms with Crippen molar-refractivity contribution in [2.45, 2.75) is 12.8 Å². The summed E-state index contributed by atoms with van der Waals surface area (Å²) in [7, 11) is 0. The van der Waals surface area contributed by atoms with Gasteiger partial charge in [-0.1, -0.05) is 0 Å². The van der Waals surface area contributed by atoms with Crippen molar-refractivity contribution in [3.05, 3.63) is 34.1 Å². The van der Waals surface area contributed by atoms with Crippen molar-refractivity contribution in [3.8, 4) is 0 Å². The summed E-state index contributed by atoms with van der Waals surface area (Å²) in [6.45, 7) is 1.88. The van der Waals surface area contributed by atoms with Crippen LogP contribution in [0.2, 0.25) is 0 Å². The third-order valence-electron chi connectivity index (χ3n) is 2.62. The predicted molar refractivity (Wildman–Crippen MR) is 61.7 cm³/mol. The molecule has 1 fully saturated rings. The molecular weight excluding hydrogens is 259 g/mol. The van der Waals surface area contributed by atoms with E-state index in [0.29, 0.717) is 10.3 Å². The Balaban J connectivity index is 2.21. The molecule has 1 aromatic carbocycles. The van der Waals surface area contributed by atoms with Crippen LogP contribution in [0.4, 0.5) is 4.39 Å². The van der Waals surface area contributed by atoms with Crippen LogP contribution in [0.15, 0.2) is 22.7 Å². The second-order valence-corrected chi connectivity index (χ2v) is 4.53. The second-order valence-electron chi connectivity index (χ2n) is 3.67. The smallest absolute Gasteiger partial charge is 0.137 e. The highest BCUT2D eigenvalue weighted by atomic mass is 79.9. The van der Waals surface area contributed by atoms with Gasteiger partial charge in [-0.25, -0.2) is 4.39 Å². The Morgan fingerprint density at radius 2 is 2.00 bits per heavy atom. The van der Waals surface area contributed by atoms with Crippen LogP contribution in [-0.2, 0) is 0 Å². The number of amidine groups is 1. The minimum atomic E-state index is -0.284. The molecule has 2 rings (SSSR count). The third kappa shape index (κ3) is 2.20. The molecule has 2 nitrogen and oxygen atoms in total. The lowest BCUT2D eigenvalue weighted by atomic mass is 10.2. The molecular formula is C11H12BrFN2. The Kier molecular flexibility index (Phi) is 3.05. The number of hydrogen-bond acceptors (Lipinski definition) is 1. The van der Waals surface area contributed by atoms with Crippen LogP contribution in [0.1, 0.15) is 18.4 Å². The molecule has 0 amide bonds. The normalized spacial score (nSPS) is 15.7. The van der Waals surface area contributed by atoms with Crippen LogP contribution < -0.4 is 0 Å². The fourth-order valence-corrected chi connectivity index (χ4v) is 2.15. The minimum absolute atomic E-state index is 0.284. The summed E-state index contributed by atoms with van der Waals surface area (Å²) in [6.07, 6.45) is 2.29. The number of hydrogen-bond donors (Lipinski definition) is 1. The topological polar surface area (TPSA) is 27.1 Å². The maximum absolute atomic E-state index is 13.0. The molecule has 0 radical (unpaired) electrons. The molecule has 1 heterocycles. The summed E-state index contributed by atoms with van der Waals surface area (Å²) in [5.74, 6) is 0.209. The van der Waals surface area contributed by atoms with Crippen molar-refractivity contribution in [2.24, 2.45) is 0 Å². The average Bonchev–Trinajstić information content (AvgIpc) is 2.74. The summed E-state index contributed by atoms with van der Waals surface area (Å²) in [6, 6.07) is 4.71. The fraction of sp³-hybridized carbons (Fsp3) is 0.364. The summed E-state index contributed by atoms with van der Waals surface area (Å²) in [4.78, 5) is 2.03. The van der Waals surface area contributed by atoms with Gasteiger partial charge in [-0.3, -0.25) is 5.41 Å². The van der Waals surface area contributed by atoms with Crippen LogP contribution >= 0.6 is 15.9 Å². The predicted octanol–water partition coefficient (Wildman–Crippen LogP) is 3.01. The molecule has 0 saturated carbocycles. The largest absolute Gasteiger partial charge is 0.357 e. The van der Waals surface area contributed by atoms with E-state index in [1.807, 2.05) is 4.90 Å². The first-order valence-electron chi connectivity index (χ1n) is 4.97. The van der Waals surface area contributed by atoms with Crippen molar-refractivity contribution >= 4 is 21.8 Å². The lowest BCUT2D eigenvalue weighted by Crippen LogP contribution is -2.27. The number of nitrogens with one attached hydrogen (secondary N) is 1. The molecule has 1 N–H and O–H groups in total. The molecule has 15 heavy (non-hydrogen) atoms. The van der Waals surface area contributed by atoms with Gasteiger partial charge in [-0.2, -0.15) is 0 Å². The first kappa shape index (κ1) is 10.6. The monoisotopic (exact) mass is 270 g/mol. The van der Waals surface area contributed by atoms with Crippen LogP contribution in [0, 0.1) is 11.2 Å². The summed E-state index contributed by atoms with van der Waals surface area (Å²) in [5.41, 5.74) is 0.769. The van der Waals surface area contributed by atoms with Crippen molar-refractivity contribution in [3.63, 3.8) is 0 Å². The molecule has 0 bridgehead atoms. The van der Waals surface area contributed by atoms with Gasteiger partial charge in [0.15, 0.2) is 0 Å². The van der Waals surface area contributed by atoms with E-state index in [-0.39, 0.29) is 5.82 Å². The highest BCUT2D eigenvalue weighted by molar-refractivity contribution is 9.10. The van der Waals surface area contributed by atoms with Gasteiger partial charge in [0.2, 0.25) is 0 Å². The Labute approximate surface area is 96.7 Å². The zero-order valence-electron chi connectivity index (χ0n) is 8.26. The number of benzene rings is 1. The van der Waals surface area contributed by atoms with Gasteiger partial charge in [0.25, 0.3) is 0 Å². The first-order chi connectivity index (χ1) is 7.18. The molecule has 1 aromatic rings. The van der Waals surface area contributed by atoms with E-state index in [0.717, 1.165) is 31.5 Å². The average molecular weight is 271 g/mol. The van der Waals surface area contributed by atoms with E-state index in [1.165, 1.54) is 6.07 Å². The maximum Gasteiger partial charge on any atom is 0.137 e. The quantitative estimate of drug-likeness (QED) is 0.617. The second kappa shape index (κ2) is 4.31. The van der Waals surface area contributed by atoms with Gasteiger partial charge in [-0.05, 0) is 47.0 Å². The number of halogens is 2. The van der Waals surface area contributed by atoms with Crippen LogP contribution in [0.5, 0.6) is 0 Å². The molecule has 0 aromatic heterocycles.